The van der Waals surface area contributed by atoms with Gasteiger partial charge in [-0.05, 0) is 66.6 Å². The summed E-state index contributed by atoms with van der Waals surface area (Å²) in [5.74, 6) is 2.20. The topological polar surface area (TPSA) is 48.0 Å². The summed E-state index contributed by atoms with van der Waals surface area (Å²) < 4.78 is 16.2. The van der Waals surface area contributed by atoms with E-state index in [0.717, 1.165) is 53.8 Å². The first kappa shape index (κ1) is 19.4. The van der Waals surface area contributed by atoms with Gasteiger partial charge >= 0.3 is 0 Å². The van der Waals surface area contributed by atoms with Gasteiger partial charge in [-0.2, -0.15) is 0 Å². The molecule has 0 bridgehead atoms. The highest BCUT2D eigenvalue weighted by molar-refractivity contribution is 6.28. The summed E-state index contributed by atoms with van der Waals surface area (Å²) in [7, 11) is 4.89. The van der Waals surface area contributed by atoms with Crippen LogP contribution < -0.4 is 14.2 Å². The van der Waals surface area contributed by atoms with Crippen LogP contribution in [-0.4, -0.2) is 44.7 Å². The van der Waals surface area contributed by atoms with Gasteiger partial charge in [0.15, 0.2) is 11.5 Å². The van der Waals surface area contributed by atoms with Gasteiger partial charge in [0.1, 0.15) is 5.75 Å². The normalized spacial score (nSPS) is 19.1. The van der Waals surface area contributed by atoms with E-state index >= 15 is 0 Å². The molecule has 5 heteroatoms. The number of rotatable bonds is 5. The number of benzene rings is 2. The Balaban J connectivity index is 1.87. The van der Waals surface area contributed by atoms with Crippen LogP contribution in [0.15, 0.2) is 42.5 Å². The minimum Gasteiger partial charge on any atom is -0.497 e. The highest BCUT2D eigenvalue weighted by atomic mass is 16.5. The molecule has 152 valence electrons. The predicted molar refractivity (Wildman–Crippen MR) is 113 cm³/mol. The molecule has 5 nitrogen and oxygen atoms in total. The fraction of sp³-hybridized carbons (Fsp3) is 0.375. The summed E-state index contributed by atoms with van der Waals surface area (Å²) in [6, 6.07) is 14.0. The van der Waals surface area contributed by atoms with E-state index in [9.17, 15) is 4.79 Å². The highest BCUT2D eigenvalue weighted by Crippen LogP contribution is 2.42. The molecule has 0 saturated carbocycles. The van der Waals surface area contributed by atoms with Crippen molar-refractivity contribution in [1.29, 1.82) is 0 Å². The third kappa shape index (κ3) is 3.57. The Labute approximate surface area is 171 Å². The number of amides is 1. The van der Waals surface area contributed by atoms with Gasteiger partial charge < -0.3 is 19.1 Å². The van der Waals surface area contributed by atoms with Crippen molar-refractivity contribution in [3.8, 4) is 17.2 Å². The molecule has 1 amide bonds. The van der Waals surface area contributed by atoms with E-state index in [-0.39, 0.29) is 11.9 Å². The van der Waals surface area contributed by atoms with E-state index in [2.05, 4.69) is 4.90 Å². The molecule has 2 aromatic carbocycles. The smallest absolute Gasteiger partial charge is 0.255 e. The molecule has 1 saturated heterocycles. The zero-order valence-electron chi connectivity index (χ0n) is 17.2. The summed E-state index contributed by atoms with van der Waals surface area (Å²) in [5, 5.41) is 0. The van der Waals surface area contributed by atoms with Crippen molar-refractivity contribution < 1.29 is 19.0 Å². The van der Waals surface area contributed by atoms with Crippen LogP contribution in [0.2, 0.25) is 0 Å². The van der Waals surface area contributed by atoms with Crippen LogP contribution in [-0.2, 0) is 4.79 Å². The lowest BCUT2D eigenvalue weighted by Gasteiger charge is -2.41. The molecule has 2 heterocycles. The Kier molecular flexibility index (Phi) is 5.47. The van der Waals surface area contributed by atoms with Gasteiger partial charge in [-0.15, -0.1) is 0 Å². The van der Waals surface area contributed by atoms with Crippen molar-refractivity contribution >= 4 is 17.1 Å². The molecule has 0 spiro atoms. The van der Waals surface area contributed by atoms with E-state index in [0.29, 0.717) is 11.5 Å². The summed E-state index contributed by atoms with van der Waals surface area (Å²) in [4.78, 5) is 15.7. The lowest BCUT2D eigenvalue weighted by Crippen LogP contribution is -2.47. The quantitative estimate of drug-likeness (QED) is 0.755. The molecule has 0 unspecified atom stereocenters. The summed E-state index contributed by atoms with van der Waals surface area (Å²) in [6.45, 7) is 0.830. The Hall–Kier alpha value is -2.95. The number of nitrogens with zero attached hydrogens (tertiary/aromatic N) is 1. The SMILES string of the molecule is COc1ccc(C2=C(c3ccc(OC)c(OC)c3)C(=O)N3CCCC[C@@H]3C2)cc1. The second-order valence-corrected chi connectivity index (χ2v) is 7.50. The van der Waals surface area contributed by atoms with Crippen LogP contribution in [0.4, 0.5) is 0 Å². The summed E-state index contributed by atoms with van der Waals surface area (Å²) >= 11 is 0. The van der Waals surface area contributed by atoms with Gasteiger partial charge in [0.2, 0.25) is 0 Å². The van der Waals surface area contributed by atoms with Crippen LogP contribution in [0.3, 0.4) is 0 Å². The van der Waals surface area contributed by atoms with Crippen LogP contribution >= 0.6 is 0 Å². The highest BCUT2D eigenvalue weighted by Gasteiger charge is 2.36. The van der Waals surface area contributed by atoms with E-state index in [1.54, 1.807) is 21.3 Å². The fourth-order valence-corrected chi connectivity index (χ4v) is 4.43. The minimum atomic E-state index is 0.110. The molecule has 4 rings (SSSR count). The number of methoxy groups -OCH3 is 3. The predicted octanol–water partition coefficient (Wildman–Crippen LogP) is 4.41. The summed E-state index contributed by atoms with van der Waals surface area (Å²) in [5.41, 5.74) is 3.78. The molecule has 2 aromatic rings. The fourth-order valence-electron chi connectivity index (χ4n) is 4.43. The molecule has 0 aliphatic carbocycles. The van der Waals surface area contributed by atoms with E-state index < -0.39 is 0 Å². The number of ether oxygens (including phenoxy) is 3. The van der Waals surface area contributed by atoms with Crippen molar-refractivity contribution in [3.63, 3.8) is 0 Å². The molecule has 0 radical (unpaired) electrons. The monoisotopic (exact) mass is 393 g/mol. The van der Waals surface area contributed by atoms with Gasteiger partial charge in [-0.1, -0.05) is 18.2 Å². The largest absolute Gasteiger partial charge is 0.497 e. The number of carbonyl (C=O) groups is 1. The maximum atomic E-state index is 13.6. The second-order valence-electron chi connectivity index (χ2n) is 7.50. The maximum Gasteiger partial charge on any atom is 0.255 e. The lowest BCUT2D eigenvalue weighted by molar-refractivity contribution is -0.128. The molecular formula is C24H27NO4. The van der Waals surface area contributed by atoms with Gasteiger partial charge in [0.25, 0.3) is 5.91 Å². The van der Waals surface area contributed by atoms with Crippen LogP contribution in [0.5, 0.6) is 17.2 Å². The molecule has 0 aromatic heterocycles. The van der Waals surface area contributed by atoms with Gasteiger partial charge in [-0.25, -0.2) is 0 Å². The average molecular weight is 393 g/mol. The Morgan fingerprint density at radius 1 is 0.862 bits per heavy atom. The van der Waals surface area contributed by atoms with E-state index in [1.165, 1.54) is 6.42 Å². The zero-order chi connectivity index (χ0) is 20.4. The molecule has 1 atom stereocenters. The number of fused-ring (bicyclic) bond motifs is 1. The molecule has 2 aliphatic heterocycles. The molecule has 29 heavy (non-hydrogen) atoms. The van der Waals surface area contributed by atoms with Crippen molar-refractivity contribution in [2.75, 3.05) is 27.9 Å². The van der Waals surface area contributed by atoms with E-state index in [1.807, 2.05) is 42.5 Å². The maximum absolute atomic E-state index is 13.6. The molecule has 0 N–H and O–H groups in total. The Morgan fingerprint density at radius 3 is 2.28 bits per heavy atom. The first-order chi connectivity index (χ1) is 14.2. The number of hydrogen-bond donors (Lipinski definition) is 0. The van der Waals surface area contributed by atoms with Gasteiger partial charge in [0.05, 0.1) is 26.9 Å². The molecule has 1 fully saturated rings. The lowest BCUT2D eigenvalue weighted by atomic mass is 9.82. The number of hydrogen-bond acceptors (Lipinski definition) is 4. The summed E-state index contributed by atoms with van der Waals surface area (Å²) in [6.07, 6.45) is 4.17. The zero-order valence-corrected chi connectivity index (χ0v) is 17.2. The first-order valence-corrected chi connectivity index (χ1v) is 10.1. The number of piperidine rings is 1. The minimum absolute atomic E-state index is 0.110. The Morgan fingerprint density at radius 2 is 1.59 bits per heavy atom. The van der Waals surface area contributed by atoms with Gasteiger partial charge in [0, 0.05) is 12.6 Å². The van der Waals surface area contributed by atoms with Crippen molar-refractivity contribution in [2.24, 2.45) is 0 Å². The average Bonchev–Trinajstić information content (AvgIpc) is 2.78. The van der Waals surface area contributed by atoms with Crippen LogP contribution in [0, 0.1) is 0 Å². The Bertz CT molecular complexity index is 932. The van der Waals surface area contributed by atoms with Crippen molar-refractivity contribution in [2.45, 2.75) is 31.7 Å². The standard InChI is InChI=1S/C24H27NO4/c1-27-19-10-7-16(8-11-19)20-15-18-6-4-5-13-25(18)24(26)23(20)17-9-12-21(28-2)22(14-17)29-3/h7-12,14,18H,4-6,13,15H2,1-3H3/t18-/m1/s1. The first-order valence-electron chi connectivity index (χ1n) is 10.1. The third-order valence-corrected chi connectivity index (χ3v) is 5.95. The van der Waals surface area contributed by atoms with E-state index in [4.69, 9.17) is 14.2 Å². The van der Waals surface area contributed by atoms with Gasteiger partial charge in [-0.3, -0.25) is 4.79 Å². The third-order valence-electron chi connectivity index (χ3n) is 5.95. The number of carbonyl (C=O) groups excluding carboxylic acids is 1. The molecular weight excluding hydrogens is 366 g/mol. The van der Waals surface area contributed by atoms with Crippen LogP contribution in [0.1, 0.15) is 36.8 Å². The van der Waals surface area contributed by atoms with Crippen molar-refractivity contribution in [3.05, 3.63) is 53.6 Å². The molecule has 2 aliphatic rings. The second kappa shape index (κ2) is 8.19. The van der Waals surface area contributed by atoms with Crippen LogP contribution in [0.25, 0.3) is 11.1 Å². The van der Waals surface area contributed by atoms with Crippen molar-refractivity contribution in [1.82, 2.24) is 4.90 Å².